The molecule has 0 unspecified atom stereocenters. The minimum atomic E-state index is 0.497. The zero-order chi connectivity index (χ0) is 15.2. The quantitative estimate of drug-likeness (QED) is 0.841. The summed E-state index contributed by atoms with van der Waals surface area (Å²) >= 11 is 5.63. The Morgan fingerprint density at radius 1 is 1.05 bits per heavy atom. The molecule has 4 nitrogen and oxygen atoms in total. The second kappa shape index (κ2) is 7.49. The fraction of sp³-hybridized carbons (Fsp3) is 0.471. The molecule has 1 aliphatic rings. The van der Waals surface area contributed by atoms with Crippen molar-refractivity contribution in [3.05, 3.63) is 48.3 Å². The monoisotopic (exact) mass is 318 g/mol. The first-order valence-corrected chi connectivity index (χ1v) is 8.32. The van der Waals surface area contributed by atoms with E-state index in [-0.39, 0.29) is 0 Å². The van der Waals surface area contributed by atoms with Crippen LogP contribution in [-0.4, -0.2) is 16.1 Å². The van der Waals surface area contributed by atoms with Crippen molar-refractivity contribution in [1.29, 1.82) is 0 Å². The van der Waals surface area contributed by atoms with E-state index in [9.17, 15) is 0 Å². The molecular formula is C17H22N2O2S. The number of nitrogens with one attached hydrogen (secondary N) is 1. The maximum atomic E-state index is 5.63. The van der Waals surface area contributed by atoms with Gasteiger partial charge in [0.1, 0.15) is 11.5 Å². The molecule has 2 aromatic heterocycles. The van der Waals surface area contributed by atoms with Crippen LogP contribution in [0.1, 0.15) is 43.6 Å². The van der Waals surface area contributed by atoms with E-state index in [2.05, 4.69) is 10.2 Å². The first-order valence-electron chi connectivity index (χ1n) is 7.91. The predicted molar refractivity (Wildman–Crippen MR) is 89.3 cm³/mol. The Kier molecular flexibility index (Phi) is 5.16. The molecule has 1 saturated carbocycles. The minimum absolute atomic E-state index is 0.497. The van der Waals surface area contributed by atoms with Gasteiger partial charge in [0.05, 0.1) is 25.6 Å². The third-order valence-electron chi connectivity index (χ3n) is 4.07. The second-order valence-corrected chi connectivity index (χ2v) is 6.19. The molecule has 0 spiro atoms. The number of furan rings is 2. The van der Waals surface area contributed by atoms with E-state index in [0.29, 0.717) is 19.1 Å². The summed E-state index contributed by atoms with van der Waals surface area (Å²) in [4.78, 5) is 2.10. The zero-order valence-corrected chi connectivity index (χ0v) is 13.5. The highest BCUT2D eigenvalue weighted by molar-refractivity contribution is 7.80. The van der Waals surface area contributed by atoms with Crippen LogP contribution in [0, 0.1) is 0 Å². The molecular weight excluding hydrogens is 296 g/mol. The molecule has 118 valence electrons. The van der Waals surface area contributed by atoms with Crippen molar-refractivity contribution in [1.82, 2.24) is 10.2 Å². The standard InChI is InChI=1S/C17H22N2O2S/c22-17(18-14-6-2-1-3-7-14)19(12-15-8-4-10-20-15)13-16-9-5-11-21-16/h4-5,8-11,14H,1-3,6-7,12-13H2,(H,18,22). The molecule has 0 aliphatic heterocycles. The van der Waals surface area contributed by atoms with Gasteiger partial charge in [0.15, 0.2) is 5.11 Å². The van der Waals surface area contributed by atoms with Crippen LogP contribution in [0.4, 0.5) is 0 Å². The third-order valence-corrected chi connectivity index (χ3v) is 4.45. The van der Waals surface area contributed by atoms with Crippen LogP contribution in [0.5, 0.6) is 0 Å². The smallest absolute Gasteiger partial charge is 0.169 e. The van der Waals surface area contributed by atoms with Crippen LogP contribution < -0.4 is 5.32 Å². The Morgan fingerprint density at radius 3 is 2.14 bits per heavy atom. The molecule has 0 aromatic carbocycles. The fourth-order valence-electron chi connectivity index (χ4n) is 2.89. The number of hydrogen-bond donors (Lipinski definition) is 1. The molecule has 2 aromatic rings. The summed E-state index contributed by atoms with van der Waals surface area (Å²) in [6.45, 7) is 1.29. The van der Waals surface area contributed by atoms with Crippen LogP contribution in [0.25, 0.3) is 0 Å². The van der Waals surface area contributed by atoms with E-state index in [1.165, 1.54) is 32.1 Å². The maximum absolute atomic E-state index is 5.63. The fourth-order valence-corrected chi connectivity index (χ4v) is 3.19. The lowest BCUT2D eigenvalue weighted by Crippen LogP contribution is -2.44. The summed E-state index contributed by atoms with van der Waals surface area (Å²) in [5, 5.41) is 4.30. The van der Waals surface area contributed by atoms with Gasteiger partial charge in [0, 0.05) is 6.04 Å². The van der Waals surface area contributed by atoms with Gasteiger partial charge in [-0.3, -0.25) is 0 Å². The number of hydrogen-bond acceptors (Lipinski definition) is 3. The van der Waals surface area contributed by atoms with Gasteiger partial charge in [-0.1, -0.05) is 19.3 Å². The van der Waals surface area contributed by atoms with E-state index in [4.69, 9.17) is 21.1 Å². The lowest BCUT2D eigenvalue weighted by atomic mass is 9.96. The number of nitrogens with zero attached hydrogens (tertiary/aromatic N) is 1. The maximum Gasteiger partial charge on any atom is 0.169 e. The normalized spacial score (nSPS) is 15.6. The number of rotatable bonds is 5. The van der Waals surface area contributed by atoms with Crippen molar-refractivity contribution in [2.45, 2.75) is 51.2 Å². The topological polar surface area (TPSA) is 41.5 Å². The predicted octanol–water partition coefficient (Wildman–Crippen LogP) is 4.08. The molecule has 2 heterocycles. The second-order valence-electron chi connectivity index (χ2n) is 5.80. The zero-order valence-electron chi connectivity index (χ0n) is 12.7. The van der Waals surface area contributed by atoms with Crippen LogP contribution in [0.15, 0.2) is 45.6 Å². The Labute approximate surface area is 136 Å². The van der Waals surface area contributed by atoms with Crippen molar-refractivity contribution in [3.63, 3.8) is 0 Å². The van der Waals surface area contributed by atoms with Crippen LogP contribution >= 0.6 is 12.2 Å². The van der Waals surface area contributed by atoms with Crippen LogP contribution in [0.3, 0.4) is 0 Å². The van der Waals surface area contributed by atoms with Crippen molar-refractivity contribution in [3.8, 4) is 0 Å². The Balaban J connectivity index is 1.64. The van der Waals surface area contributed by atoms with Gasteiger partial charge in [-0.05, 0) is 49.3 Å². The summed E-state index contributed by atoms with van der Waals surface area (Å²) in [5.41, 5.74) is 0. The van der Waals surface area contributed by atoms with Crippen molar-refractivity contribution in [2.24, 2.45) is 0 Å². The summed E-state index contributed by atoms with van der Waals surface area (Å²) in [7, 11) is 0. The first kappa shape index (κ1) is 15.2. The minimum Gasteiger partial charge on any atom is -0.467 e. The molecule has 0 amide bonds. The summed E-state index contributed by atoms with van der Waals surface area (Å²) in [5.74, 6) is 1.80. The highest BCUT2D eigenvalue weighted by atomic mass is 32.1. The van der Waals surface area contributed by atoms with Gasteiger partial charge in [-0.2, -0.15) is 0 Å². The molecule has 3 rings (SSSR count). The molecule has 1 aliphatic carbocycles. The molecule has 0 bridgehead atoms. The Bertz CT molecular complexity index is 523. The summed E-state index contributed by atoms with van der Waals surface area (Å²) in [6.07, 6.45) is 9.71. The van der Waals surface area contributed by atoms with E-state index in [0.717, 1.165) is 16.6 Å². The SMILES string of the molecule is S=C(NC1CCCCC1)N(Cc1ccco1)Cc1ccco1. The molecule has 0 saturated heterocycles. The third kappa shape index (κ3) is 4.13. The molecule has 1 fully saturated rings. The molecule has 0 atom stereocenters. The average molecular weight is 318 g/mol. The van der Waals surface area contributed by atoms with Gasteiger partial charge in [0.25, 0.3) is 0 Å². The molecule has 1 N–H and O–H groups in total. The lowest BCUT2D eigenvalue weighted by Gasteiger charge is -2.30. The average Bonchev–Trinajstić information content (AvgIpc) is 3.21. The van der Waals surface area contributed by atoms with Crippen LogP contribution in [0.2, 0.25) is 0 Å². The molecule has 22 heavy (non-hydrogen) atoms. The molecule has 5 heteroatoms. The summed E-state index contributed by atoms with van der Waals surface area (Å²) in [6, 6.07) is 8.24. The summed E-state index contributed by atoms with van der Waals surface area (Å²) < 4.78 is 10.9. The van der Waals surface area contributed by atoms with Gasteiger partial charge >= 0.3 is 0 Å². The van der Waals surface area contributed by atoms with Gasteiger partial charge in [0.2, 0.25) is 0 Å². The van der Waals surface area contributed by atoms with Crippen molar-refractivity contribution < 1.29 is 8.83 Å². The van der Waals surface area contributed by atoms with E-state index < -0.39 is 0 Å². The highest BCUT2D eigenvalue weighted by Crippen LogP contribution is 2.18. The Morgan fingerprint density at radius 2 is 1.64 bits per heavy atom. The first-order chi connectivity index (χ1) is 10.8. The van der Waals surface area contributed by atoms with E-state index >= 15 is 0 Å². The Hall–Kier alpha value is -1.75. The highest BCUT2D eigenvalue weighted by Gasteiger charge is 2.19. The van der Waals surface area contributed by atoms with E-state index in [1.807, 2.05) is 24.3 Å². The van der Waals surface area contributed by atoms with Gasteiger partial charge in [-0.15, -0.1) is 0 Å². The van der Waals surface area contributed by atoms with Gasteiger partial charge < -0.3 is 19.1 Å². The molecule has 0 radical (unpaired) electrons. The van der Waals surface area contributed by atoms with Crippen LogP contribution in [-0.2, 0) is 13.1 Å². The lowest BCUT2D eigenvalue weighted by molar-refractivity contribution is 0.311. The van der Waals surface area contributed by atoms with Gasteiger partial charge in [-0.25, -0.2) is 0 Å². The van der Waals surface area contributed by atoms with Crippen molar-refractivity contribution in [2.75, 3.05) is 0 Å². The number of thiocarbonyl (C=S) groups is 1. The largest absolute Gasteiger partial charge is 0.467 e. The van der Waals surface area contributed by atoms with Crippen molar-refractivity contribution >= 4 is 17.3 Å². The van der Waals surface area contributed by atoms with E-state index in [1.54, 1.807) is 12.5 Å².